The highest BCUT2D eigenvalue weighted by atomic mass is 35.5. The topological polar surface area (TPSA) is 52.9 Å². The molecule has 0 amide bonds. The van der Waals surface area contributed by atoms with Gasteiger partial charge < -0.3 is 14.9 Å². The standard InChI is InChI=1S/C19H21NO3.ClH/c1-2-7-20-10-12-5-3-4-6-13(12)19-14-8-16(21)17(22)9-18(14)23-11-15(19)20;/h3-6,8-9,15,19,21-22H,2,7,10-11H2,1H3;1H. The quantitative estimate of drug-likeness (QED) is 0.814. The van der Waals surface area contributed by atoms with Crippen molar-refractivity contribution in [3.8, 4) is 17.2 Å². The summed E-state index contributed by atoms with van der Waals surface area (Å²) in [5.74, 6) is 0.631. The van der Waals surface area contributed by atoms with Gasteiger partial charge in [0.05, 0.1) is 6.04 Å². The summed E-state index contributed by atoms with van der Waals surface area (Å²) in [5.41, 5.74) is 3.60. The van der Waals surface area contributed by atoms with E-state index in [9.17, 15) is 10.2 Å². The van der Waals surface area contributed by atoms with Crippen molar-refractivity contribution >= 4 is 12.4 Å². The van der Waals surface area contributed by atoms with Gasteiger partial charge in [-0.2, -0.15) is 0 Å². The monoisotopic (exact) mass is 347 g/mol. The van der Waals surface area contributed by atoms with Crippen molar-refractivity contribution in [2.75, 3.05) is 13.2 Å². The number of ether oxygens (including phenoxy) is 1. The molecule has 2 aromatic carbocycles. The molecule has 2 heterocycles. The minimum atomic E-state index is -0.128. The first kappa shape index (κ1) is 16.9. The first-order valence-corrected chi connectivity index (χ1v) is 8.19. The summed E-state index contributed by atoms with van der Waals surface area (Å²) in [6.07, 6.45) is 1.10. The second-order valence-corrected chi connectivity index (χ2v) is 6.40. The highest BCUT2D eigenvalue weighted by Gasteiger charge is 2.40. The van der Waals surface area contributed by atoms with Gasteiger partial charge >= 0.3 is 0 Å². The number of nitrogens with zero attached hydrogens (tertiary/aromatic N) is 1. The summed E-state index contributed by atoms with van der Waals surface area (Å²) in [5, 5.41) is 19.7. The van der Waals surface area contributed by atoms with Gasteiger partial charge in [-0.05, 0) is 30.2 Å². The zero-order chi connectivity index (χ0) is 16.0. The molecular formula is C19H22ClNO3. The average molecular weight is 348 g/mol. The van der Waals surface area contributed by atoms with Gasteiger partial charge in [0.2, 0.25) is 0 Å². The van der Waals surface area contributed by atoms with Crippen molar-refractivity contribution in [3.05, 3.63) is 53.1 Å². The second-order valence-electron chi connectivity index (χ2n) is 6.40. The molecule has 0 aliphatic carbocycles. The van der Waals surface area contributed by atoms with E-state index >= 15 is 0 Å². The first-order valence-electron chi connectivity index (χ1n) is 8.19. The number of phenolic OH excluding ortho intramolecular Hbond substituents is 2. The highest BCUT2D eigenvalue weighted by molar-refractivity contribution is 5.85. The number of fused-ring (bicyclic) bond motifs is 5. The van der Waals surface area contributed by atoms with Crippen molar-refractivity contribution in [1.82, 2.24) is 4.90 Å². The Balaban J connectivity index is 0.00000169. The molecule has 4 nitrogen and oxygen atoms in total. The van der Waals surface area contributed by atoms with E-state index in [4.69, 9.17) is 4.74 Å². The molecule has 128 valence electrons. The Morgan fingerprint density at radius 3 is 2.67 bits per heavy atom. The summed E-state index contributed by atoms with van der Waals surface area (Å²) in [6.45, 7) is 4.76. The molecular weight excluding hydrogens is 326 g/mol. The lowest BCUT2D eigenvalue weighted by atomic mass is 9.77. The van der Waals surface area contributed by atoms with Gasteiger partial charge in [-0.25, -0.2) is 0 Å². The van der Waals surface area contributed by atoms with Gasteiger partial charge in [0.25, 0.3) is 0 Å². The van der Waals surface area contributed by atoms with Gasteiger partial charge in [0.15, 0.2) is 11.5 Å². The molecule has 0 saturated carbocycles. The summed E-state index contributed by atoms with van der Waals surface area (Å²) in [4.78, 5) is 2.47. The SMILES string of the molecule is CCCN1Cc2ccccc2C2c3cc(O)c(O)cc3OCC21.Cl. The first-order chi connectivity index (χ1) is 11.2. The number of aromatic hydroxyl groups is 2. The average Bonchev–Trinajstić information content (AvgIpc) is 2.56. The van der Waals surface area contributed by atoms with Crippen LogP contribution in [0.3, 0.4) is 0 Å². The number of hydrogen-bond donors (Lipinski definition) is 2. The molecule has 0 bridgehead atoms. The predicted octanol–water partition coefficient (Wildman–Crippen LogP) is 3.64. The number of rotatable bonds is 2. The third kappa shape index (κ3) is 2.60. The van der Waals surface area contributed by atoms with Crippen molar-refractivity contribution in [1.29, 1.82) is 0 Å². The maximum atomic E-state index is 9.96. The molecule has 0 radical (unpaired) electrons. The lowest BCUT2D eigenvalue weighted by Gasteiger charge is -2.45. The molecule has 2 aromatic rings. The fourth-order valence-electron chi connectivity index (χ4n) is 3.96. The summed E-state index contributed by atoms with van der Waals surface area (Å²) in [7, 11) is 0. The van der Waals surface area contributed by atoms with E-state index in [1.165, 1.54) is 17.2 Å². The Bertz CT molecular complexity index is 749. The van der Waals surface area contributed by atoms with Crippen LogP contribution in [0.5, 0.6) is 17.2 Å². The molecule has 2 aliphatic rings. The van der Waals surface area contributed by atoms with Crippen LogP contribution in [-0.4, -0.2) is 34.3 Å². The molecule has 24 heavy (non-hydrogen) atoms. The second kappa shape index (κ2) is 6.54. The molecule has 2 aliphatic heterocycles. The van der Waals surface area contributed by atoms with E-state index in [2.05, 4.69) is 36.1 Å². The third-order valence-corrected chi connectivity index (χ3v) is 4.98. The van der Waals surface area contributed by atoms with Crippen molar-refractivity contribution in [3.63, 3.8) is 0 Å². The third-order valence-electron chi connectivity index (χ3n) is 4.98. The molecule has 5 heteroatoms. The number of benzene rings is 2. The molecule has 0 fully saturated rings. The Hall–Kier alpha value is -1.91. The Morgan fingerprint density at radius 2 is 1.88 bits per heavy atom. The van der Waals surface area contributed by atoms with Gasteiger partial charge in [-0.15, -0.1) is 12.4 Å². The van der Waals surface area contributed by atoms with E-state index in [0.29, 0.717) is 12.4 Å². The Morgan fingerprint density at radius 1 is 1.12 bits per heavy atom. The number of halogens is 1. The Kier molecular flexibility index (Phi) is 4.61. The zero-order valence-electron chi connectivity index (χ0n) is 13.6. The summed E-state index contributed by atoms with van der Waals surface area (Å²) >= 11 is 0. The van der Waals surface area contributed by atoms with Gasteiger partial charge in [-0.3, -0.25) is 4.90 Å². The van der Waals surface area contributed by atoms with E-state index in [-0.39, 0.29) is 35.9 Å². The minimum absolute atomic E-state index is 0. The lowest BCUT2D eigenvalue weighted by molar-refractivity contribution is 0.0880. The number of phenols is 2. The van der Waals surface area contributed by atoms with Crippen LogP contribution in [0.15, 0.2) is 36.4 Å². The van der Waals surface area contributed by atoms with E-state index in [1.807, 2.05) is 0 Å². The van der Waals surface area contributed by atoms with Gasteiger partial charge in [0, 0.05) is 24.1 Å². The lowest BCUT2D eigenvalue weighted by Crippen LogP contribution is -2.49. The molecule has 0 spiro atoms. The van der Waals surface area contributed by atoms with Crippen LogP contribution in [0.2, 0.25) is 0 Å². The van der Waals surface area contributed by atoms with Crippen LogP contribution in [0.4, 0.5) is 0 Å². The largest absolute Gasteiger partial charge is 0.504 e. The van der Waals surface area contributed by atoms with E-state index in [0.717, 1.165) is 25.1 Å². The maximum Gasteiger partial charge on any atom is 0.161 e. The highest BCUT2D eigenvalue weighted by Crippen LogP contribution is 2.47. The normalized spacial score (nSPS) is 21.7. The Labute approximate surface area is 148 Å². The molecule has 0 saturated heterocycles. The molecule has 4 rings (SSSR count). The molecule has 2 atom stereocenters. The van der Waals surface area contributed by atoms with E-state index < -0.39 is 0 Å². The van der Waals surface area contributed by atoms with Crippen molar-refractivity contribution in [2.45, 2.75) is 31.8 Å². The van der Waals surface area contributed by atoms with Crippen LogP contribution < -0.4 is 4.74 Å². The smallest absolute Gasteiger partial charge is 0.161 e. The molecule has 2 N–H and O–H groups in total. The predicted molar refractivity (Wildman–Crippen MR) is 95.3 cm³/mol. The minimum Gasteiger partial charge on any atom is -0.504 e. The summed E-state index contributed by atoms with van der Waals surface area (Å²) in [6, 6.07) is 12.0. The fourth-order valence-corrected chi connectivity index (χ4v) is 3.96. The molecule has 2 unspecified atom stereocenters. The fraction of sp³-hybridized carbons (Fsp3) is 0.368. The van der Waals surface area contributed by atoms with Crippen LogP contribution >= 0.6 is 12.4 Å². The zero-order valence-corrected chi connectivity index (χ0v) is 14.4. The van der Waals surface area contributed by atoms with Crippen LogP contribution in [0.1, 0.15) is 36.0 Å². The van der Waals surface area contributed by atoms with Crippen molar-refractivity contribution < 1.29 is 14.9 Å². The number of hydrogen-bond acceptors (Lipinski definition) is 4. The van der Waals surface area contributed by atoms with Crippen LogP contribution in [0.25, 0.3) is 0 Å². The van der Waals surface area contributed by atoms with Crippen LogP contribution in [0, 0.1) is 0 Å². The van der Waals surface area contributed by atoms with Gasteiger partial charge in [-0.1, -0.05) is 31.2 Å². The maximum absolute atomic E-state index is 9.96. The van der Waals surface area contributed by atoms with Gasteiger partial charge in [0.1, 0.15) is 12.4 Å². The molecule has 0 aromatic heterocycles. The van der Waals surface area contributed by atoms with Crippen molar-refractivity contribution in [2.24, 2.45) is 0 Å². The van der Waals surface area contributed by atoms with E-state index in [1.54, 1.807) is 6.07 Å². The van der Waals surface area contributed by atoms with Crippen LogP contribution in [-0.2, 0) is 6.54 Å². The summed E-state index contributed by atoms with van der Waals surface area (Å²) < 4.78 is 5.91.